The molecule has 1 aromatic heterocycles. The van der Waals surface area contributed by atoms with Crippen LogP contribution in [-0.4, -0.2) is 22.4 Å². The van der Waals surface area contributed by atoms with Gasteiger partial charge < -0.3 is 9.47 Å². The Morgan fingerprint density at radius 2 is 2.00 bits per heavy atom. The molecule has 0 amide bonds. The maximum Gasteiger partial charge on any atom is 0.344 e. The quantitative estimate of drug-likeness (QED) is 0.627. The van der Waals surface area contributed by atoms with Crippen molar-refractivity contribution < 1.29 is 14.3 Å². The first kappa shape index (κ1) is 17.0. The summed E-state index contributed by atoms with van der Waals surface area (Å²) >= 11 is 5.95. The van der Waals surface area contributed by atoms with Gasteiger partial charge in [0.15, 0.2) is 6.61 Å². The number of hydrogen-bond acceptors (Lipinski definition) is 4. The predicted molar refractivity (Wildman–Crippen MR) is 95.0 cm³/mol. The number of aryl methyl sites for hydroxylation is 1. The Bertz CT molecular complexity index is 846. The van der Waals surface area contributed by atoms with E-state index in [9.17, 15) is 4.79 Å². The third-order valence-corrected chi connectivity index (χ3v) is 4.02. The second kappa shape index (κ2) is 7.85. The summed E-state index contributed by atoms with van der Waals surface area (Å²) in [5, 5.41) is 4.82. The van der Waals surface area contributed by atoms with Crippen LogP contribution in [0.3, 0.4) is 0 Å². The van der Waals surface area contributed by atoms with E-state index < -0.39 is 5.97 Å². The van der Waals surface area contributed by atoms with E-state index >= 15 is 0 Å². The van der Waals surface area contributed by atoms with Crippen LogP contribution in [0.25, 0.3) is 5.69 Å². The van der Waals surface area contributed by atoms with Gasteiger partial charge in [-0.25, -0.2) is 9.48 Å². The topological polar surface area (TPSA) is 53.4 Å². The van der Waals surface area contributed by atoms with E-state index in [0.29, 0.717) is 10.8 Å². The van der Waals surface area contributed by atoms with E-state index in [1.807, 2.05) is 43.5 Å². The summed E-state index contributed by atoms with van der Waals surface area (Å²) in [5.74, 6) is 0.159. The SMILES string of the molecule is Cc1cc(OCC(=O)OCc2ccc(-n3cccn3)cc2)ccc1Cl. The molecule has 6 heteroatoms. The number of esters is 1. The van der Waals surface area contributed by atoms with E-state index in [1.165, 1.54) is 0 Å². The lowest BCUT2D eigenvalue weighted by atomic mass is 10.2. The van der Waals surface area contributed by atoms with Crippen LogP contribution in [-0.2, 0) is 16.1 Å². The number of hydrogen-bond donors (Lipinski definition) is 0. The molecule has 0 N–H and O–H groups in total. The minimum atomic E-state index is -0.427. The molecular weight excluding hydrogens is 340 g/mol. The molecule has 5 nitrogen and oxygen atoms in total. The fraction of sp³-hybridized carbons (Fsp3) is 0.158. The molecule has 0 aliphatic carbocycles. The monoisotopic (exact) mass is 356 g/mol. The van der Waals surface area contributed by atoms with Gasteiger partial charge in [-0.15, -0.1) is 0 Å². The van der Waals surface area contributed by atoms with Crippen molar-refractivity contribution in [1.29, 1.82) is 0 Å². The average molecular weight is 357 g/mol. The van der Waals surface area contributed by atoms with Crippen molar-refractivity contribution in [2.45, 2.75) is 13.5 Å². The van der Waals surface area contributed by atoms with Crippen LogP contribution in [0.15, 0.2) is 60.9 Å². The smallest absolute Gasteiger partial charge is 0.344 e. The molecule has 3 aromatic rings. The second-order valence-corrected chi connectivity index (χ2v) is 5.88. The first-order valence-electron chi connectivity index (χ1n) is 7.75. The first-order valence-corrected chi connectivity index (χ1v) is 8.13. The van der Waals surface area contributed by atoms with Gasteiger partial charge in [-0.05, 0) is 54.4 Å². The Morgan fingerprint density at radius 1 is 1.20 bits per heavy atom. The first-order chi connectivity index (χ1) is 12.1. The van der Waals surface area contributed by atoms with Crippen molar-refractivity contribution in [3.63, 3.8) is 0 Å². The van der Waals surface area contributed by atoms with Gasteiger partial charge in [0.1, 0.15) is 12.4 Å². The fourth-order valence-corrected chi connectivity index (χ4v) is 2.34. The molecule has 3 rings (SSSR count). The van der Waals surface area contributed by atoms with Gasteiger partial charge in [0, 0.05) is 17.4 Å². The maximum absolute atomic E-state index is 11.8. The van der Waals surface area contributed by atoms with Gasteiger partial charge in [-0.3, -0.25) is 0 Å². The highest BCUT2D eigenvalue weighted by atomic mass is 35.5. The molecule has 128 valence electrons. The predicted octanol–water partition coefficient (Wildman–Crippen LogP) is 3.96. The maximum atomic E-state index is 11.8. The number of benzene rings is 2. The minimum absolute atomic E-state index is 0.146. The summed E-state index contributed by atoms with van der Waals surface area (Å²) < 4.78 is 12.4. The third kappa shape index (κ3) is 4.61. The average Bonchev–Trinajstić information content (AvgIpc) is 3.16. The largest absolute Gasteiger partial charge is 0.482 e. The number of aromatic nitrogens is 2. The van der Waals surface area contributed by atoms with Crippen molar-refractivity contribution in [1.82, 2.24) is 9.78 Å². The molecule has 0 saturated heterocycles. The van der Waals surface area contributed by atoms with Gasteiger partial charge in [-0.2, -0.15) is 5.10 Å². The highest BCUT2D eigenvalue weighted by Gasteiger charge is 2.06. The van der Waals surface area contributed by atoms with E-state index in [4.69, 9.17) is 21.1 Å². The number of nitrogens with zero attached hydrogens (tertiary/aromatic N) is 2. The molecule has 1 heterocycles. The Kier molecular flexibility index (Phi) is 5.36. The lowest BCUT2D eigenvalue weighted by Gasteiger charge is -2.09. The van der Waals surface area contributed by atoms with E-state index in [0.717, 1.165) is 16.8 Å². The molecule has 0 fully saturated rings. The molecule has 0 atom stereocenters. The van der Waals surface area contributed by atoms with Crippen LogP contribution >= 0.6 is 11.6 Å². The van der Waals surface area contributed by atoms with Crippen LogP contribution in [0.2, 0.25) is 5.02 Å². The molecular formula is C19H17ClN2O3. The minimum Gasteiger partial charge on any atom is -0.482 e. The fourth-order valence-electron chi connectivity index (χ4n) is 2.22. The lowest BCUT2D eigenvalue weighted by Crippen LogP contribution is -2.14. The van der Waals surface area contributed by atoms with E-state index in [1.54, 1.807) is 29.1 Å². The van der Waals surface area contributed by atoms with E-state index in [2.05, 4.69) is 5.10 Å². The van der Waals surface area contributed by atoms with Crippen molar-refractivity contribution in [2.24, 2.45) is 0 Å². The highest BCUT2D eigenvalue weighted by Crippen LogP contribution is 2.21. The highest BCUT2D eigenvalue weighted by molar-refractivity contribution is 6.31. The van der Waals surface area contributed by atoms with Crippen molar-refractivity contribution >= 4 is 17.6 Å². The van der Waals surface area contributed by atoms with Gasteiger partial charge >= 0.3 is 5.97 Å². The zero-order chi connectivity index (χ0) is 17.6. The van der Waals surface area contributed by atoms with E-state index in [-0.39, 0.29) is 13.2 Å². The van der Waals surface area contributed by atoms with Crippen LogP contribution in [0, 0.1) is 6.92 Å². The standard InChI is InChI=1S/C19H17ClN2O3/c1-14-11-17(7-8-18(14)20)24-13-19(23)25-12-15-3-5-16(6-4-15)22-10-2-9-21-22/h2-11H,12-13H2,1H3. The van der Waals surface area contributed by atoms with Crippen molar-refractivity contribution in [3.8, 4) is 11.4 Å². The van der Waals surface area contributed by atoms with Crippen molar-refractivity contribution in [2.75, 3.05) is 6.61 Å². The van der Waals surface area contributed by atoms with Gasteiger partial charge in [0.2, 0.25) is 0 Å². The summed E-state index contributed by atoms with van der Waals surface area (Å²) in [5.41, 5.74) is 2.73. The molecule has 0 aliphatic heterocycles. The third-order valence-electron chi connectivity index (χ3n) is 3.59. The summed E-state index contributed by atoms with van der Waals surface area (Å²) in [4.78, 5) is 11.8. The molecule has 0 spiro atoms. The number of rotatable bonds is 6. The summed E-state index contributed by atoms with van der Waals surface area (Å²) in [7, 11) is 0. The molecule has 0 unspecified atom stereocenters. The van der Waals surface area contributed by atoms with Gasteiger partial charge in [0.25, 0.3) is 0 Å². The van der Waals surface area contributed by atoms with Crippen LogP contribution in [0.5, 0.6) is 5.75 Å². The number of carbonyl (C=O) groups excluding carboxylic acids is 1. The normalized spacial score (nSPS) is 10.5. The van der Waals surface area contributed by atoms with Crippen LogP contribution < -0.4 is 4.74 Å². The summed E-state index contributed by atoms with van der Waals surface area (Å²) in [6.07, 6.45) is 3.59. The number of carbonyl (C=O) groups is 1. The molecule has 0 aliphatic rings. The Hall–Kier alpha value is -2.79. The summed E-state index contributed by atoms with van der Waals surface area (Å²) in [6.45, 7) is 1.92. The Labute approximate surface area is 150 Å². The molecule has 0 saturated carbocycles. The number of halogens is 1. The van der Waals surface area contributed by atoms with Gasteiger partial charge in [0.05, 0.1) is 5.69 Å². The van der Waals surface area contributed by atoms with Gasteiger partial charge in [-0.1, -0.05) is 23.7 Å². The zero-order valence-electron chi connectivity index (χ0n) is 13.7. The summed E-state index contributed by atoms with van der Waals surface area (Å²) in [6, 6.07) is 14.7. The molecule has 0 radical (unpaired) electrons. The molecule has 25 heavy (non-hydrogen) atoms. The zero-order valence-corrected chi connectivity index (χ0v) is 14.4. The molecule has 2 aromatic carbocycles. The van der Waals surface area contributed by atoms with Crippen LogP contribution in [0.1, 0.15) is 11.1 Å². The van der Waals surface area contributed by atoms with Crippen molar-refractivity contribution in [3.05, 3.63) is 77.1 Å². The van der Waals surface area contributed by atoms with Crippen LogP contribution in [0.4, 0.5) is 0 Å². The second-order valence-electron chi connectivity index (χ2n) is 5.48. The molecule has 0 bridgehead atoms. The lowest BCUT2D eigenvalue weighted by molar-refractivity contribution is -0.147. The number of ether oxygens (including phenoxy) is 2. The Balaban J connectivity index is 1.48. The Morgan fingerprint density at radius 3 is 2.68 bits per heavy atom.